The Hall–Kier alpha value is -0.420. The summed E-state index contributed by atoms with van der Waals surface area (Å²) in [4.78, 5) is 0. The van der Waals surface area contributed by atoms with Gasteiger partial charge in [-0.2, -0.15) is 0 Å². The van der Waals surface area contributed by atoms with Crippen LogP contribution in [0.3, 0.4) is 0 Å². The van der Waals surface area contributed by atoms with Gasteiger partial charge in [0.2, 0.25) is 0 Å². The fraction of sp³-hybridized carbons (Fsp3) is 0.500. The standard InChI is InChI=1S/C4H5OS/c1-2-3-4-6-5/h2H2,1H3/q+1. The summed E-state index contributed by atoms with van der Waals surface area (Å²) in [5.74, 6) is 2.60. The molecule has 0 spiro atoms. The summed E-state index contributed by atoms with van der Waals surface area (Å²) in [6.45, 7) is 1.91. The van der Waals surface area contributed by atoms with Crippen LogP contribution in [0.4, 0.5) is 0 Å². The first-order valence-corrected chi connectivity index (χ1v) is 2.42. The summed E-state index contributed by atoms with van der Waals surface area (Å²) in [6.07, 6.45) is 0.773. The van der Waals surface area contributed by atoms with Crippen molar-refractivity contribution in [3.05, 3.63) is 0 Å². The molecule has 0 fully saturated rings. The summed E-state index contributed by atoms with van der Waals surface area (Å²) < 4.78 is 9.43. The van der Waals surface area contributed by atoms with E-state index in [1.165, 1.54) is 0 Å². The van der Waals surface area contributed by atoms with Crippen molar-refractivity contribution in [1.82, 2.24) is 0 Å². The minimum absolute atomic E-state index is 0.315. The van der Waals surface area contributed by atoms with Gasteiger partial charge in [0.25, 0.3) is 5.25 Å². The van der Waals surface area contributed by atoms with Gasteiger partial charge in [0.1, 0.15) is 0 Å². The molecule has 0 rings (SSSR count). The molecule has 2 heteroatoms. The first-order valence-electron chi connectivity index (χ1n) is 1.68. The average Bonchev–Trinajstić information content (AvgIpc) is 1.61. The van der Waals surface area contributed by atoms with Crippen LogP contribution in [0.15, 0.2) is 0 Å². The van der Waals surface area contributed by atoms with Crippen molar-refractivity contribution < 1.29 is 4.21 Å². The zero-order valence-electron chi connectivity index (χ0n) is 3.52. The highest BCUT2D eigenvalue weighted by Gasteiger charge is 1.76. The van der Waals surface area contributed by atoms with Gasteiger partial charge in [-0.1, -0.05) is 6.92 Å². The van der Waals surface area contributed by atoms with E-state index in [9.17, 15) is 4.21 Å². The lowest BCUT2D eigenvalue weighted by Crippen LogP contribution is -1.50. The average molecular weight is 101 g/mol. The van der Waals surface area contributed by atoms with E-state index >= 15 is 0 Å². The SMILES string of the molecule is CCC#C[S+]=O. The van der Waals surface area contributed by atoms with E-state index < -0.39 is 0 Å². The zero-order valence-corrected chi connectivity index (χ0v) is 4.34. The first-order chi connectivity index (χ1) is 2.91. The van der Waals surface area contributed by atoms with E-state index in [0.717, 1.165) is 6.42 Å². The van der Waals surface area contributed by atoms with Gasteiger partial charge in [-0.05, 0) is 5.92 Å². The molecule has 0 aliphatic carbocycles. The van der Waals surface area contributed by atoms with Crippen molar-refractivity contribution in [3.63, 3.8) is 0 Å². The smallest absolute Gasteiger partial charge is 0.0541 e. The van der Waals surface area contributed by atoms with E-state index in [0.29, 0.717) is 11.7 Å². The highest BCUT2D eigenvalue weighted by molar-refractivity contribution is 7.70. The van der Waals surface area contributed by atoms with E-state index in [1.807, 2.05) is 6.92 Å². The quantitative estimate of drug-likeness (QED) is 0.325. The van der Waals surface area contributed by atoms with Crippen LogP contribution in [-0.2, 0) is 15.9 Å². The lowest BCUT2D eigenvalue weighted by atomic mass is 10.5. The molecule has 0 atom stereocenters. The van der Waals surface area contributed by atoms with Crippen LogP contribution in [0.25, 0.3) is 0 Å². The van der Waals surface area contributed by atoms with E-state index in [1.54, 1.807) is 0 Å². The zero-order chi connectivity index (χ0) is 4.83. The molecule has 6 heavy (non-hydrogen) atoms. The molecule has 0 aliphatic heterocycles. The van der Waals surface area contributed by atoms with E-state index in [4.69, 9.17) is 0 Å². The fourth-order valence-electron chi connectivity index (χ4n) is 0.102. The second kappa shape index (κ2) is 4.58. The predicted molar refractivity (Wildman–Crippen MR) is 26.1 cm³/mol. The molecule has 0 N–H and O–H groups in total. The van der Waals surface area contributed by atoms with Crippen LogP contribution in [0.2, 0.25) is 0 Å². The van der Waals surface area contributed by atoms with E-state index in [-0.39, 0.29) is 0 Å². The van der Waals surface area contributed by atoms with Crippen molar-refractivity contribution in [1.29, 1.82) is 0 Å². The predicted octanol–water partition coefficient (Wildman–Crippen LogP) is 0.785. The second-order valence-electron chi connectivity index (χ2n) is 0.716. The van der Waals surface area contributed by atoms with Crippen LogP contribution in [0, 0.1) is 11.2 Å². The van der Waals surface area contributed by atoms with Crippen molar-refractivity contribution >= 4 is 11.7 Å². The fourth-order valence-corrected chi connectivity index (χ4v) is 0.305. The van der Waals surface area contributed by atoms with Gasteiger partial charge < -0.3 is 0 Å². The summed E-state index contributed by atoms with van der Waals surface area (Å²) in [5.41, 5.74) is 0. The lowest BCUT2D eigenvalue weighted by Gasteiger charge is -1.51. The molecule has 0 aliphatic rings. The maximum absolute atomic E-state index is 9.43. The molecule has 0 amide bonds. The Morgan fingerprint density at radius 1 is 1.83 bits per heavy atom. The molecule has 0 aromatic carbocycles. The third-order valence-electron chi connectivity index (χ3n) is 0.291. The molecule has 0 aromatic rings. The second-order valence-corrected chi connectivity index (χ2v) is 1.09. The van der Waals surface area contributed by atoms with Crippen molar-refractivity contribution in [3.8, 4) is 11.2 Å². The monoisotopic (exact) mass is 101 g/mol. The van der Waals surface area contributed by atoms with Gasteiger partial charge >= 0.3 is 11.7 Å². The number of hydrogen-bond donors (Lipinski definition) is 0. The Morgan fingerprint density at radius 3 is 2.67 bits per heavy atom. The molecule has 1 nitrogen and oxygen atoms in total. The number of hydrogen-bond acceptors (Lipinski definition) is 1. The Balaban J connectivity index is 3.13. The van der Waals surface area contributed by atoms with Crippen LogP contribution in [0.5, 0.6) is 0 Å². The van der Waals surface area contributed by atoms with Crippen LogP contribution in [-0.4, -0.2) is 0 Å². The molecule has 0 saturated heterocycles. The maximum Gasteiger partial charge on any atom is 0.568 e. The minimum atomic E-state index is 0.315. The van der Waals surface area contributed by atoms with E-state index in [2.05, 4.69) is 11.2 Å². The normalized spacial score (nSPS) is 5.50. The molecular formula is C4H5OS+. The van der Waals surface area contributed by atoms with Gasteiger partial charge in [-0.25, -0.2) is 0 Å². The van der Waals surface area contributed by atoms with Crippen LogP contribution >= 0.6 is 0 Å². The Kier molecular flexibility index (Phi) is 4.26. The third kappa shape index (κ3) is 3.58. The molecule has 0 unspecified atom stereocenters. The lowest BCUT2D eigenvalue weighted by molar-refractivity contribution is 0.609. The molecule has 0 bridgehead atoms. The largest absolute Gasteiger partial charge is 0.568 e. The Bertz CT molecular complexity index is 87.5. The van der Waals surface area contributed by atoms with Gasteiger partial charge in [0, 0.05) is 6.42 Å². The highest BCUT2D eigenvalue weighted by atomic mass is 32.1. The first kappa shape index (κ1) is 5.58. The summed E-state index contributed by atoms with van der Waals surface area (Å²) in [7, 11) is 0. The van der Waals surface area contributed by atoms with Crippen LogP contribution in [0.1, 0.15) is 13.3 Å². The van der Waals surface area contributed by atoms with Gasteiger partial charge in [-0.15, -0.1) is 0 Å². The summed E-state index contributed by atoms with van der Waals surface area (Å²) in [5, 5.41) is 2.31. The summed E-state index contributed by atoms with van der Waals surface area (Å²) in [6, 6.07) is 0. The minimum Gasteiger partial charge on any atom is -0.0541 e. The molecule has 0 saturated carbocycles. The molecule has 0 radical (unpaired) electrons. The van der Waals surface area contributed by atoms with Crippen molar-refractivity contribution in [2.75, 3.05) is 0 Å². The molecule has 32 valence electrons. The highest BCUT2D eigenvalue weighted by Crippen LogP contribution is 1.63. The third-order valence-corrected chi connectivity index (χ3v) is 0.518. The molecular weight excluding hydrogens is 96.1 g/mol. The van der Waals surface area contributed by atoms with Gasteiger partial charge in [0.15, 0.2) is 0 Å². The number of rotatable bonds is 0. The maximum atomic E-state index is 9.43. The van der Waals surface area contributed by atoms with Gasteiger partial charge in [-0.3, -0.25) is 0 Å². The van der Waals surface area contributed by atoms with Crippen molar-refractivity contribution in [2.24, 2.45) is 0 Å². The topological polar surface area (TPSA) is 17.1 Å². The molecule has 0 aromatic heterocycles. The molecule has 0 heterocycles. The van der Waals surface area contributed by atoms with Crippen molar-refractivity contribution in [2.45, 2.75) is 13.3 Å². The Morgan fingerprint density at radius 2 is 2.50 bits per heavy atom. The van der Waals surface area contributed by atoms with Gasteiger partial charge in [0.05, 0.1) is 4.21 Å². The van der Waals surface area contributed by atoms with Crippen LogP contribution < -0.4 is 0 Å². The Labute approximate surface area is 41.2 Å². The summed E-state index contributed by atoms with van der Waals surface area (Å²) >= 11 is 0.315.